The van der Waals surface area contributed by atoms with E-state index in [4.69, 9.17) is 23.2 Å². The smallest absolute Gasteiger partial charge is 0.0748 e. The van der Waals surface area contributed by atoms with Crippen LogP contribution in [-0.4, -0.2) is 24.7 Å². The van der Waals surface area contributed by atoms with Gasteiger partial charge >= 0.3 is 0 Å². The Morgan fingerprint density at radius 3 is 2.47 bits per heavy atom. The lowest BCUT2D eigenvalue weighted by Crippen LogP contribution is -2.61. The number of piperazine rings is 1. The van der Waals surface area contributed by atoms with E-state index < -0.39 is 0 Å². The Bertz CT molecular complexity index is 398. The van der Waals surface area contributed by atoms with Gasteiger partial charge in [-0.05, 0) is 32.9 Å². The third-order valence-corrected chi connectivity index (χ3v) is 3.81. The molecule has 1 aromatic rings. The van der Waals surface area contributed by atoms with Crippen LogP contribution in [-0.2, 0) is 0 Å². The summed E-state index contributed by atoms with van der Waals surface area (Å²) in [7, 11) is 0. The third kappa shape index (κ3) is 2.70. The van der Waals surface area contributed by atoms with E-state index in [9.17, 15) is 0 Å². The van der Waals surface area contributed by atoms with Crippen molar-refractivity contribution in [3.63, 3.8) is 0 Å². The molecule has 0 amide bonds. The number of hydrogen-bond donors (Lipinski definition) is 1. The monoisotopic (exact) mass is 272 g/mol. The summed E-state index contributed by atoms with van der Waals surface area (Å²) in [5, 5.41) is 4.97. The van der Waals surface area contributed by atoms with Crippen LogP contribution in [0.1, 0.15) is 20.8 Å². The van der Waals surface area contributed by atoms with Gasteiger partial charge in [0.1, 0.15) is 0 Å². The summed E-state index contributed by atoms with van der Waals surface area (Å²) in [5.41, 5.74) is 1.03. The van der Waals surface area contributed by atoms with Gasteiger partial charge in [-0.1, -0.05) is 29.3 Å². The van der Waals surface area contributed by atoms with Gasteiger partial charge in [-0.15, -0.1) is 0 Å². The van der Waals surface area contributed by atoms with Gasteiger partial charge in [0.15, 0.2) is 0 Å². The zero-order chi connectivity index (χ0) is 12.6. The van der Waals surface area contributed by atoms with Crippen LogP contribution in [0.25, 0.3) is 0 Å². The van der Waals surface area contributed by atoms with Crippen molar-refractivity contribution in [2.75, 3.05) is 18.0 Å². The highest BCUT2D eigenvalue weighted by Gasteiger charge is 2.32. The van der Waals surface area contributed by atoms with Gasteiger partial charge in [0.2, 0.25) is 0 Å². The van der Waals surface area contributed by atoms with Crippen molar-refractivity contribution in [3.8, 4) is 0 Å². The molecule has 2 rings (SSSR count). The van der Waals surface area contributed by atoms with Gasteiger partial charge in [0.05, 0.1) is 15.7 Å². The number of halogens is 2. The van der Waals surface area contributed by atoms with Crippen molar-refractivity contribution in [1.82, 2.24) is 5.32 Å². The Kier molecular flexibility index (Phi) is 3.58. The van der Waals surface area contributed by atoms with Crippen LogP contribution < -0.4 is 10.2 Å². The molecule has 0 spiro atoms. The summed E-state index contributed by atoms with van der Waals surface area (Å²) in [6, 6.07) is 6.06. The van der Waals surface area contributed by atoms with Crippen molar-refractivity contribution in [2.45, 2.75) is 32.4 Å². The van der Waals surface area contributed by atoms with Crippen LogP contribution in [0.4, 0.5) is 5.69 Å². The molecule has 0 aliphatic carbocycles. The predicted octanol–water partition coefficient (Wildman–Crippen LogP) is 3.57. The van der Waals surface area contributed by atoms with E-state index in [-0.39, 0.29) is 5.54 Å². The van der Waals surface area contributed by atoms with E-state index in [0.29, 0.717) is 6.04 Å². The Morgan fingerprint density at radius 1 is 1.29 bits per heavy atom. The molecule has 0 saturated carbocycles. The first kappa shape index (κ1) is 13.0. The number of anilines is 1. The Hall–Kier alpha value is -0.440. The second kappa shape index (κ2) is 4.68. The molecule has 1 fully saturated rings. The fourth-order valence-electron chi connectivity index (χ4n) is 2.23. The van der Waals surface area contributed by atoms with Crippen LogP contribution in [0.2, 0.25) is 10.0 Å². The quantitative estimate of drug-likeness (QED) is 0.841. The van der Waals surface area contributed by atoms with Gasteiger partial charge < -0.3 is 10.2 Å². The lowest BCUT2D eigenvalue weighted by atomic mass is 9.98. The van der Waals surface area contributed by atoms with E-state index in [0.717, 1.165) is 28.8 Å². The highest BCUT2D eigenvalue weighted by atomic mass is 35.5. The lowest BCUT2D eigenvalue weighted by molar-refractivity contribution is 0.318. The van der Waals surface area contributed by atoms with E-state index in [1.165, 1.54) is 0 Å². The topological polar surface area (TPSA) is 15.3 Å². The molecule has 1 atom stereocenters. The Labute approximate surface area is 113 Å². The molecule has 1 heterocycles. The Balaban J connectivity index is 2.37. The molecule has 0 radical (unpaired) electrons. The van der Waals surface area contributed by atoms with Crippen LogP contribution in [0.5, 0.6) is 0 Å². The summed E-state index contributed by atoms with van der Waals surface area (Å²) >= 11 is 12.5. The average molecular weight is 273 g/mol. The number of para-hydroxylation sites is 1. The number of benzene rings is 1. The first-order chi connectivity index (χ1) is 7.91. The van der Waals surface area contributed by atoms with Crippen molar-refractivity contribution in [3.05, 3.63) is 28.2 Å². The molecular weight excluding hydrogens is 255 g/mol. The Morgan fingerprint density at radius 2 is 1.88 bits per heavy atom. The molecule has 0 bridgehead atoms. The van der Waals surface area contributed by atoms with Gasteiger partial charge in [-0.3, -0.25) is 0 Å². The fraction of sp³-hybridized carbons (Fsp3) is 0.538. The third-order valence-electron chi connectivity index (χ3n) is 3.20. The number of rotatable bonds is 1. The maximum atomic E-state index is 6.27. The molecule has 1 N–H and O–H groups in total. The van der Waals surface area contributed by atoms with Gasteiger partial charge in [-0.2, -0.15) is 0 Å². The zero-order valence-corrected chi connectivity index (χ0v) is 11.9. The van der Waals surface area contributed by atoms with E-state index in [1.807, 2.05) is 18.2 Å². The molecular formula is C13H18Cl2N2. The standard InChI is InChI=1S/C13H18Cl2N2/c1-9-7-16-13(2,3)8-17(9)12-10(14)5-4-6-11(12)15/h4-6,9,16H,7-8H2,1-3H3. The molecule has 1 aromatic carbocycles. The molecule has 1 aliphatic heterocycles. The molecule has 1 unspecified atom stereocenters. The zero-order valence-electron chi connectivity index (χ0n) is 10.4. The molecule has 94 valence electrons. The summed E-state index contributed by atoms with van der Waals surface area (Å²) in [4.78, 5) is 2.29. The minimum atomic E-state index is 0.0784. The van der Waals surface area contributed by atoms with Crippen molar-refractivity contribution >= 4 is 28.9 Å². The minimum absolute atomic E-state index is 0.0784. The highest BCUT2D eigenvalue weighted by Crippen LogP contribution is 2.36. The van der Waals surface area contributed by atoms with Gasteiger partial charge in [0, 0.05) is 24.7 Å². The van der Waals surface area contributed by atoms with Crippen LogP contribution in [0.15, 0.2) is 18.2 Å². The second-order valence-corrected chi connectivity index (χ2v) is 6.13. The minimum Gasteiger partial charge on any atom is -0.363 e. The number of nitrogens with zero attached hydrogens (tertiary/aromatic N) is 1. The largest absolute Gasteiger partial charge is 0.363 e. The number of hydrogen-bond acceptors (Lipinski definition) is 2. The SMILES string of the molecule is CC1CNC(C)(C)CN1c1c(Cl)cccc1Cl. The van der Waals surface area contributed by atoms with Crippen LogP contribution >= 0.6 is 23.2 Å². The summed E-state index contributed by atoms with van der Waals surface area (Å²) in [5.74, 6) is 0. The first-order valence-corrected chi connectivity index (χ1v) is 6.62. The molecule has 2 nitrogen and oxygen atoms in total. The normalized spacial score (nSPS) is 23.8. The number of nitrogens with one attached hydrogen (secondary N) is 1. The lowest BCUT2D eigenvalue weighted by Gasteiger charge is -2.45. The van der Waals surface area contributed by atoms with Crippen LogP contribution in [0, 0.1) is 0 Å². The van der Waals surface area contributed by atoms with Crippen molar-refractivity contribution in [2.24, 2.45) is 0 Å². The van der Waals surface area contributed by atoms with E-state index >= 15 is 0 Å². The van der Waals surface area contributed by atoms with Crippen molar-refractivity contribution in [1.29, 1.82) is 0 Å². The molecule has 4 heteroatoms. The van der Waals surface area contributed by atoms with Crippen LogP contribution in [0.3, 0.4) is 0 Å². The summed E-state index contributed by atoms with van der Waals surface area (Å²) in [6.07, 6.45) is 0. The molecule has 17 heavy (non-hydrogen) atoms. The first-order valence-electron chi connectivity index (χ1n) is 5.86. The maximum Gasteiger partial charge on any atom is 0.0748 e. The second-order valence-electron chi connectivity index (χ2n) is 5.31. The maximum absolute atomic E-state index is 6.27. The highest BCUT2D eigenvalue weighted by molar-refractivity contribution is 6.39. The van der Waals surface area contributed by atoms with E-state index in [1.54, 1.807) is 0 Å². The molecule has 1 saturated heterocycles. The van der Waals surface area contributed by atoms with E-state index in [2.05, 4.69) is 31.0 Å². The molecule has 1 aliphatic rings. The predicted molar refractivity (Wildman–Crippen MR) is 75.4 cm³/mol. The fourth-order valence-corrected chi connectivity index (χ4v) is 2.85. The van der Waals surface area contributed by atoms with Gasteiger partial charge in [-0.25, -0.2) is 0 Å². The van der Waals surface area contributed by atoms with Crippen molar-refractivity contribution < 1.29 is 0 Å². The molecule has 0 aromatic heterocycles. The average Bonchev–Trinajstić information content (AvgIpc) is 2.23. The summed E-state index contributed by atoms with van der Waals surface area (Å²) < 4.78 is 0. The van der Waals surface area contributed by atoms with Gasteiger partial charge in [0.25, 0.3) is 0 Å². The summed E-state index contributed by atoms with van der Waals surface area (Å²) in [6.45, 7) is 8.40.